The molecule has 0 bridgehead atoms. The lowest BCUT2D eigenvalue weighted by atomic mass is 9.78. The fourth-order valence-corrected chi connectivity index (χ4v) is 4.86. The van der Waals surface area contributed by atoms with Gasteiger partial charge in [0.2, 0.25) is 5.91 Å². The highest BCUT2D eigenvalue weighted by Crippen LogP contribution is 2.45. The molecule has 2 aromatic rings. The number of aromatic amines is 1. The van der Waals surface area contributed by atoms with Crippen molar-refractivity contribution in [3.05, 3.63) is 59.7 Å². The molecule has 5 heteroatoms. The quantitative estimate of drug-likeness (QED) is 0.891. The molecule has 5 rings (SSSR count). The summed E-state index contributed by atoms with van der Waals surface area (Å²) in [7, 11) is 0. The molecule has 1 amide bonds. The third-order valence-corrected chi connectivity index (χ3v) is 6.61. The van der Waals surface area contributed by atoms with Crippen molar-refractivity contribution < 1.29 is 4.79 Å². The van der Waals surface area contributed by atoms with Crippen LogP contribution in [0, 0.1) is 5.92 Å². The van der Waals surface area contributed by atoms with Gasteiger partial charge >= 0.3 is 0 Å². The molecule has 146 valence electrons. The summed E-state index contributed by atoms with van der Waals surface area (Å²) in [4.78, 5) is 25.7. The Morgan fingerprint density at radius 3 is 2.71 bits per heavy atom. The Kier molecular flexibility index (Phi) is 4.55. The maximum atomic E-state index is 13.0. The number of benzene rings is 1. The van der Waals surface area contributed by atoms with Crippen LogP contribution in [-0.2, 0) is 16.8 Å². The molecule has 1 saturated heterocycles. The number of rotatable bonds is 4. The van der Waals surface area contributed by atoms with Crippen molar-refractivity contribution in [1.82, 2.24) is 19.8 Å². The van der Waals surface area contributed by atoms with Crippen LogP contribution < -0.4 is 0 Å². The van der Waals surface area contributed by atoms with Crippen molar-refractivity contribution in [1.29, 1.82) is 0 Å². The number of aromatic nitrogens is 2. The summed E-state index contributed by atoms with van der Waals surface area (Å²) in [5.74, 6) is 0.635. The molecule has 2 aliphatic heterocycles. The van der Waals surface area contributed by atoms with Crippen molar-refractivity contribution in [3.8, 4) is 0 Å². The van der Waals surface area contributed by atoms with E-state index in [1.54, 1.807) is 0 Å². The van der Waals surface area contributed by atoms with E-state index in [1.807, 2.05) is 12.4 Å². The van der Waals surface area contributed by atoms with Crippen LogP contribution in [0.4, 0.5) is 0 Å². The summed E-state index contributed by atoms with van der Waals surface area (Å²) in [5, 5.41) is 0. The van der Waals surface area contributed by atoms with Crippen LogP contribution in [0.25, 0.3) is 6.08 Å². The van der Waals surface area contributed by atoms with E-state index in [0.29, 0.717) is 5.91 Å². The smallest absolute Gasteiger partial charge is 0.226 e. The number of nitrogens with one attached hydrogen (secondary N) is 1. The fourth-order valence-electron chi connectivity index (χ4n) is 4.86. The molecule has 1 aromatic carbocycles. The molecule has 0 radical (unpaired) electrons. The number of hydrogen-bond donors (Lipinski definition) is 1. The summed E-state index contributed by atoms with van der Waals surface area (Å²) < 4.78 is 0. The van der Waals surface area contributed by atoms with E-state index in [2.05, 4.69) is 51.2 Å². The van der Waals surface area contributed by atoms with E-state index in [0.717, 1.165) is 64.0 Å². The number of imidazole rings is 1. The second-order valence-corrected chi connectivity index (χ2v) is 8.39. The summed E-state index contributed by atoms with van der Waals surface area (Å²) in [5.41, 5.74) is 3.41. The zero-order valence-corrected chi connectivity index (χ0v) is 16.3. The Labute approximate surface area is 166 Å². The number of piperidine rings is 1. The van der Waals surface area contributed by atoms with Gasteiger partial charge in [-0.05, 0) is 31.2 Å². The van der Waals surface area contributed by atoms with Gasteiger partial charge in [0.05, 0.1) is 17.6 Å². The molecule has 28 heavy (non-hydrogen) atoms. The number of nitrogens with zero attached hydrogens (tertiary/aromatic N) is 3. The van der Waals surface area contributed by atoms with E-state index in [-0.39, 0.29) is 11.5 Å². The summed E-state index contributed by atoms with van der Waals surface area (Å²) in [6, 6.07) is 10.4. The minimum absolute atomic E-state index is 0.201. The highest BCUT2D eigenvalue weighted by atomic mass is 16.2. The predicted molar refractivity (Wildman–Crippen MR) is 110 cm³/mol. The minimum atomic E-state index is -0.201. The van der Waals surface area contributed by atoms with Gasteiger partial charge in [0.25, 0.3) is 0 Å². The molecule has 1 N–H and O–H groups in total. The zero-order valence-electron chi connectivity index (χ0n) is 16.3. The normalized spacial score (nSPS) is 21.9. The number of carbonyl (C=O) groups excluding carboxylic acids is 1. The van der Waals surface area contributed by atoms with Crippen LogP contribution >= 0.6 is 0 Å². The van der Waals surface area contributed by atoms with Crippen LogP contribution in [0.15, 0.2) is 42.7 Å². The molecule has 5 nitrogen and oxygen atoms in total. The van der Waals surface area contributed by atoms with Crippen molar-refractivity contribution in [2.75, 3.05) is 26.2 Å². The maximum absolute atomic E-state index is 13.0. The molecule has 0 atom stereocenters. The standard InChI is InChI=1S/C23H28N4O/c28-22(19-8-9-19)27-14-10-20-21(25-17-24-20)23(27)11-15-26(16-12-23)13-4-7-18-5-2-1-3-6-18/h1-7,17,19H,8-16H2,(H,24,25)/b7-4+. The first-order chi connectivity index (χ1) is 13.8. The lowest BCUT2D eigenvalue weighted by Crippen LogP contribution is -2.58. The topological polar surface area (TPSA) is 52.2 Å². The third-order valence-electron chi connectivity index (χ3n) is 6.61. The number of H-pyrrole nitrogens is 1. The van der Waals surface area contributed by atoms with Gasteiger partial charge in [0, 0.05) is 44.2 Å². The average molecular weight is 377 g/mol. The van der Waals surface area contributed by atoms with Gasteiger partial charge in [-0.3, -0.25) is 9.69 Å². The van der Waals surface area contributed by atoms with Gasteiger partial charge in [-0.15, -0.1) is 0 Å². The largest absolute Gasteiger partial charge is 0.348 e. The number of amides is 1. The molecular formula is C23H28N4O. The lowest BCUT2D eigenvalue weighted by molar-refractivity contribution is -0.143. The Balaban J connectivity index is 1.30. The van der Waals surface area contributed by atoms with Crippen LogP contribution in [-0.4, -0.2) is 51.9 Å². The fraction of sp³-hybridized carbons (Fsp3) is 0.478. The van der Waals surface area contributed by atoms with Crippen LogP contribution in [0.1, 0.15) is 42.6 Å². The minimum Gasteiger partial charge on any atom is -0.348 e. The van der Waals surface area contributed by atoms with E-state index >= 15 is 0 Å². The maximum Gasteiger partial charge on any atom is 0.226 e. The average Bonchev–Trinajstić information content (AvgIpc) is 3.47. The number of carbonyl (C=O) groups is 1. The molecular weight excluding hydrogens is 348 g/mol. The molecule has 2 fully saturated rings. The first-order valence-electron chi connectivity index (χ1n) is 10.5. The molecule has 1 saturated carbocycles. The second-order valence-electron chi connectivity index (χ2n) is 8.39. The molecule has 1 spiro atoms. The second kappa shape index (κ2) is 7.21. The number of fused-ring (bicyclic) bond motifs is 2. The molecule has 3 heterocycles. The highest BCUT2D eigenvalue weighted by molar-refractivity contribution is 5.82. The highest BCUT2D eigenvalue weighted by Gasteiger charge is 2.50. The van der Waals surface area contributed by atoms with Crippen molar-refractivity contribution in [2.24, 2.45) is 5.92 Å². The third kappa shape index (κ3) is 3.18. The predicted octanol–water partition coefficient (Wildman–Crippen LogP) is 3.21. The van der Waals surface area contributed by atoms with Crippen molar-refractivity contribution in [2.45, 2.75) is 37.6 Å². The van der Waals surface area contributed by atoms with E-state index in [1.165, 1.54) is 11.3 Å². The Hall–Kier alpha value is -2.40. The SMILES string of the molecule is O=C(C1CC1)N1CCc2[nH]cnc2C12CCN(C/C=C/c1ccccc1)CC2. The van der Waals surface area contributed by atoms with Gasteiger partial charge in [0.15, 0.2) is 0 Å². The molecule has 1 aliphatic carbocycles. The first kappa shape index (κ1) is 17.7. The monoisotopic (exact) mass is 376 g/mol. The van der Waals surface area contributed by atoms with Gasteiger partial charge in [-0.25, -0.2) is 4.98 Å². The van der Waals surface area contributed by atoms with Gasteiger partial charge in [-0.1, -0.05) is 42.5 Å². The zero-order chi connectivity index (χ0) is 19.0. The summed E-state index contributed by atoms with van der Waals surface area (Å²) >= 11 is 0. The van der Waals surface area contributed by atoms with Crippen LogP contribution in [0.3, 0.4) is 0 Å². The number of likely N-dealkylation sites (tertiary alicyclic amines) is 1. The Morgan fingerprint density at radius 1 is 1.18 bits per heavy atom. The van der Waals surface area contributed by atoms with Gasteiger partial charge < -0.3 is 9.88 Å². The summed E-state index contributed by atoms with van der Waals surface area (Å²) in [6.07, 6.45) is 11.2. The van der Waals surface area contributed by atoms with E-state index in [4.69, 9.17) is 4.98 Å². The van der Waals surface area contributed by atoms with E-state index in [9.17, 15) is 4.79 Å². The van der Waals surface area contributed by atoms with Gasteiger partial charge in [0.1, 0.15) is 0 Å². The lowest BCUT2D eigenvalue weighted by Gasteiger charge is -2.50. The van der Waals surface area contributed by atoms with Crippen molar-refractivity contribution >= 4 is 12.0 Å². The van der Waals surface area contributed by atoms with E-state index < -0.39 is 0 Å². The first-order valence-corrected chi connectivity index (χ1v) is 10.5. The Morgan fingerprint density at radius 2 is 1.96 bits per heavy atom. The van der Waals surface area contributed by atoms with Crippen molar-refractivity contribution in [3.63, 3.8) is 0 Å². The Bertz CT molecular complexity index is 860. The summed E-state index contributed by atoms with van der Waals surface area (Å²) in [6.45, 7) is 3.78. The molecule has 0 unspecified atom stereocenters. The number of hydrogen-bond acceptors (Lipinski definition) is 3. The van der Waals surface area contributed by atoms with Crippen LogP contribution in [0.5, 0.6) is 0 Å². The van der Waals surface area contributed by atoms with Crippen LogP contribution in [0.2, 0.25) is 0 Å². The van der Waals surface area contributed by atoms with Gasteiger partial charge in [-0.2, -0.15) is 0 Å². The molecule has 3 aliphatic rings. The molecule has 1 aromatic heterocycles.